The predicted molar refractivity (Wildman–Crippen MR) is 99.6 cm³/mol. The van der Waals surface area contributed by atoms with Gasteiger partial charge in [0.25, 0.3) is 11.6 Å². The molecule has 0 saturated carbocycles. The molecule has 0 unspecified atom stereocenters. The van der Waals surface area contributed by atoms with E-state index < -0.39 is 0 Å². The zero-order chi connectivity index (χ0) is 18.3. The Hall–Kier alpha value is -1.00. The third kappa shape index (κ3) is 8.13. The fraction of sp³-hybridized carbons (Fsp3) is 0.700. The minimum absolute atomic E-state index is 0. The average Bonchev–Trinajstić information content (AvgIpc) is 3.05. The van der Waals surface area contributed by atoms with Crippen molar-refractivity contribution >= 4 is 0 Å². The number of hydrogen-bond donors (Lipinski definition) is 0. The lowest BCUT2D eigenvalue weighted by Crippen LogP contribution is -3.00. The maximum atomic E-state index is 2.31. The standard InChI is InChI=1S/2C10H19N2.2ClH/c2*1-5-9(2)8-12-7-6-11(4)10(12)3;;/h2*6-7,9H,5,8H2,1-4H3;2*1H/q2*+1;;/p-2/t2*9-;;/m00../s1. The number of aryl methyl sites for hydroxylation is 2. The van der Waals surface area contributed by atoms with E-state index in [1.165, 1.54) is 24.5 Å². The van der Waals surface area contributed by atoms with Crippen molar-refractivity contribution < 1.29 is 33.9 Å². The van der Waals surface area contributed by atoms with Crippen LogP contribution in [0.3, 0.4) is 0 Å². The molecule has 0 bridgehead atoms. The highest BCUT2D eigenvalue weighted by atomic mass is 35.5. The summed E-state index contributed by atoms with van der Waals surface area (Å²) >= 11 is 0. The highest BCUT2D eigenvalue weighted by molar-refractivity contribution is 4.80. The molecule has 2 heterocycles. The van der Waals surface area contributed by atoms with Crippen LogP contribution in [-0.4, -0.2) is 9.13 Å². The molecule has 6 heteroatoms. The molecule has 0 radical (unpaired) electrons. The van der Waals surface area contributed by atoms with Gasteiger partial charge >= 0.3 is 0 Å². The predicted octanol–water partition coefficient (Wildman–Crippen LogP) is -2.66. The van der Waals surface area contributed by atoms with Crippen LogP contribution in [0.15, 0.2) is 24.8 Å². The van der Waals surface area contributed by atoms with Gasteiger partial charge in [-0.15, -0.1) is 0 Å². The summed E-state index contributed by atoms with van der Waals surface area (Å²) in [4.78, 5) is 0. The molecule has 0 N–H and O–H groups in total. The zero-order valence-corrected chi connectivity index (χ0v) is 19.3. The van der Waals surface area contributed by atoms with E-state index in [0.29, 0.717) is 0 Å². The van der Waals surface area contributed by atoms with Crippen LogP contribution in [-0.2, 0) is 27.2 Å². The summed E-state index contributed by atoms with van der Waals surface area (Å²) in [7, 11) is 4.17. The average molecular weight is 405 g/mol. The lowest BCUT2D eigenvalue weighted by molar-refractivity contribution is -0.677. The molecule has 2 atom stereocenters. The van der Waals surface area contributed by atoms with Crippen LogP contribution in [0, 0.1) is 25.7 Å². The van der Waals surface area contributed by atoms with E-state index in [4.69, 9.17) is 0 Å². The molecule has 152 valence electrons. The van der Waals surface area contributed by atoms with Gasteiger partial charge in [0.1, 0.15) is 24.8 Å². The van der Waals surface area contributed by atoms with Crippen LogP contribution in [0.25, 0.3) is 0 Å². The molecule has 0 aromatic carbocycles. The third-order valence-corrected chi connectivity index (χ3v) is 5.20. The summed E-state index contributed by atoms with van der Waals surface area (Å²) in [5, 5.41) is 0. The molecule has 0 aliphatic carbocycles. The maximum absolute atomic E-state index is 2.31. The molecule has 0 amide bonds. The van der Waals surface area contributed by atoms with Gasteiger partial charge in [-0.1, -0.05) is 27.7 Å². The van der Waals surface area contributed by atoms with E-state index in [-0.39, 0.29) is 24.8 Å². The highest BCUT2D eigenvalue weighted by Crippen LogP contribution is 2.06. The second kappa shape index (κ2) is 13.2. The molecular weight excluding hydrogens is 367 g/mol. The third-order valence-electron chi connectivity index (χ3n) is 5.20. The number of nitrogens with zero attached hydrogens (tertiary/aromatic N) is 4. The number of aromatic nitrogens is 4. The van der Waals surface area contributed by atoms with Crippen molar-refractivity contribution in [3.63, 3.8) is 0 Å². The van der Waals surface area contributed by atoms with E-state index in [9.17, 15) is 0 Å². The summed E-state index contributed by atoms with van der Waals surface area (Å²) in [6.45, 7) is 15.7. The van der Waals surface area contributed by atoms with Gasteiger partial charge < -0.3 is 24.8 Å². The van der Waals surface area contributed by atoms with E-state index in [0.717, 1.165) is 24.9 Å². The van der Waals surface area contributed by atoms with E-state index >= 15 is 0 Å². The molecule has 0 saturated heterocycles. The SMILES string of the molecule is CC[C@H](C)Cn1cc[n+](C)c1C.CC[C@H](C)Cn1cc[n+](C)c1C.[Cl-].[Cl-]. The van der Waals surface area contributed by atoms with Gasteiger partial charge in [0.15, 0.2) is 0 Å². The largest absolute Gasteiger partial charge is 1.00 e. The van der Waals surface area contributed by atoms with E-state index in [1.54, 1.807) is 0 Å². The van der Waals surface area contributed by atoms with Crippen molar-refractivity contribution in [1.29, 1.82) is 0 Å². The van der Waals surface area contributed by atoms with Crippen LogP contribution in [0.2, 0.25) is 0 Å². The second-order valence-electron chi connectivity index (χ2n) is 7.24. The van der Waals surface area contributed by atoms with Crippen LogP contribution in [0.5, 0.6) is 0 Å². The summed E-state index contributed by atoms with van der Waals surface area (Å²) in [6.07, 6.45) is 11.0. The van der Waals surface area contributed by atoms with Crippen LogP contribution in [0.1, 0.15) is 52.2 Å². The first-order valence-corrected chi connectivity index (χ1v) is 9.32. The summed E-state index contributed by atoms with van der Waals surface area (Å²) in [5.74, 6) is 4.21. The molecule has 2 aromatic rings. The lowest BCUT2D eigenvalue weighted by Gasteiger charge is -2.05. The smallest absolute Gasteiger partial charge is 0.253 e. The number of hydrogen-bond acceptors (Lipinski definition) is 0. The molecular formula is C20H38Cl2N4. The topological polar surface area (TPSA) is 17.6 Å². The summed E-state index contributed by atoms with van der Waals surface area (Å²) in [6, 6.07) is 0. The molecule has 0 aliphatic heterocycles. The molecule has 4 nitrogen and oxygen atoms in total. The number of imidazole rings is 2. The maximum Gasteiger partial charge on any atom is 0.253 e. The normalized spacial score (nSPS) is 12.3. The first-order valence-electron chi connectivity index (χ1n) is 9.32. The Morgan fingerprint density at radius 1 is 0.769 bits per heavy atom. The van der Waals surface area contributed by atoms with Crippen LogP contribution < -0.4 is 33.9 Å². The van der Waals surface area contributed by atoms with E-state index in [2.05, 4.69) is 98.7 Å². The quantitative estimate of drug-likeness (QED) is 0.467. The van der Waals surface area contributed by atoms with E-state index in [1.807, 2.05) is 0 Å². The first kappa shape index (κ1) is 27.2. The molecule has 0 spiro atoms. The molecule has 2 aromatic heterocycles. The van der Waals surface area contributed by atoms with Crippen LogP contribution in [0.4, 0.5) is 0 Å². The Morgan fingerprint density at radius 3 is 1.27 bits per heavy atom. The van der Waals surface area contributed by atoms with Gasteiger partial charge in [-0.25, -0.2) is 18.3 Å². The molecule has 0 fully saturated rings. The van der Waals surface area contributed by atoms with Crippen molar-refractivity contribution in [1.82, 2.24) is 9.13 Å². The van der Waals surface area contributed by atoms with Gasteiger partial charge in [0, 0.05) is 13.8 Å². The Balaban J connectivity index is 0. The van der Waals surface area contributed by atoms with Crippen molar-refractivity contribution in [2.45, 2.75) is 67.5 Å². The minimum Gasteiger partial charge on any atom is -1.00 e. The van der Waals surface area contributed by atoms with Crippen molar-refractivity contribution in [3.05, 3.63) is 36.4 Å². The lowest BCUT2D eigenvalue weighted by atomic mass is 10.1. The molecule has 2 rings (SSSR count). The Bertz CT molecular complexity index is 565. The summed E-state index contributed by atoms with van der Waals surface area (Å²) < 4.78 is 8.94. The van der Waals surface area contributed by atoms with Crippen molar-refractivity contribution in [2.24, 2.45) is 25.9 Å². The Labute approximate surface area is 173 Å². The van der Waals surface area contributed by atoms with Crippen LogP contribution >= 0.6 is 0 Å². The van der Waals surface area contributed by atoms with Crippen molar-refractivity contribution in [2.75, 3.05) is 0 Å². The van der Waals surface area contributed by atoms with Gasteiger partial charge in [0.05, 0.1) is 27.2 Å². The Kier molecular flexibility index (Phi) is 13.8. The molecule has 0 aliphatic rings. The monoisotopic (exact) mass is 404 g/mol. The second-order valence-corrected chi connectivity index (χ2v) is 7.24. The fourth-order valence-electron chi connectivity index (χ4n) is 2.51. The first-order chi connectivity index (χ1) is 11.3. The minimum atomic E-state index is 0. The van der Waals surface area contributed by atoms with Gasteiger partial charge in [-0.3, -0.25) is 0 Å². The fourth-order valence-corrected chi connectivity index (χ4v) is 2.51. The molecule has 26 heavy (non-hydrogen) atoms. The zero-order valence-electron chi connectivity index (χ0n) is 17.8. The van der Waals surface area contributed by atoms with Gasteiger partial charge in [0.2, 0.25) is 0 Å². The Morgan fingerprint density at radius 2 is 1.08 bits per heavy atom. The number of halogens is 2. The van der Waals surface area contributed by atoms with Crippen molar-refractivity contribution in [3.8, 4) is 0 Å². The van der Waals surface area contributed by atoms with Gasteiger partial charge in [-0.2, -0.15) is 0 Å². The highest BCUT2D eigenvalue weighted by Gasteiger charge is 2.11. The van der Waals surface area contributed by atoms with Gasteiger partial charge in [-0.05, 0) is 24.7 Å². The number of rotatable bonds is 6. The summed E-state index contributed by atoms with van der Waals surface area (Å²) in [5.41, 5.74) is 0.